The SMILES string of the molecule is Cc1cccc2[nH]cc(C=CCN)c12. The quantitative estimate of drug-likeness (QED) is 0.743. The first-order chi connectivity index (χ1) is 6.83. The van der Waals surface area contributed by atoms with Gasteiger partial charge in [-0.1, -0.05) is 24.3 Å². The van der Waals surface area contributed by atoms with Crippen molar-refractivity contribution in [2.24, 2.45) is 5.73 Å². The molecule has 14 heavy (non-hydrogen) atoms. The van der Waals surface area contributed by atoms with Gasteiger partial charge in [-0.2, -0.15) is 0 Å². The van der Waals surface area contributed by atoms with Crippen molar-refractivity contribution in [1.82, 2.24) is 4.98 Å². The molecule has 0 radical (unpaired) electrons. The molecular weight excluding hydrogens is 172 g/mol. The van der Waals surface area contributed by atoms with Crippen molar-refractivity contribution in [3.8, 4) is 0 Å². The Morgan fingerprint density at radius 2 is 2.29 bits per heavy atom. The number of aromatic amines is 1. The van der Waals surface area contributed by atoms with Crippen molar-refractivity contribution in [2.75, 3.05) is 6.54 Å². The van der Waals surface area contributed by atoms with Crippen LogP contribution < -0.4 is 5.73 Å². The lowest BCUT2D eigenvalue weighted by Crippen LogP contribution is -1.91. The van der Waals surface area contributed by atoms with Crippen molar-refractivity contribution >= 4 is 17.0 Å². The second kappa shape index (κ2) is 3.68. The highest BCUT2D eigenvalue weighted by Gasteiger charge is 2.02. The van der Waals surface area contributed by atoms with E-state index < -0.39 is 0 Å². The number of hydrogen-bond acceptors (Lipinski definition) is 1. The lowest BCUT2D eigenvalue weighted by molar-refractivity contribution is 1.26. The van der Waals surface area contributed by atoms with Gasteiger partial charge in [-0.15, -0.1) is 0 Å². The second-order valence-corrected chi connectivity index (χ2v) is 3.38. The van der Waals surface area contributed by atoms with Gasteiger partial charge >= 0.3 is 0 Å². The Hall–Kier alpha value is -1.54. The van der Waals surface area contributed by atoms with Crippen LogP contribution in [0.1, 0.15) is 11.1 Å². The Labute approximate surface area is 83.4 Å². The van der Waals surface area contributed by atoms with Gasteiger partial charge in [-0.3, -0.25) is 0 Å². The van der Waals surface area contributed by atoms with Crippen LogP contribution in [-0.2, 0) is 0 Å². The summed E-state index contributed by atoms with van der Waals surface area (Å²) in [4.78, 5) is 3.25. The van der Waals surface area contributed by atoms with Gasteiger partial charge in [-0.05, 0) is 24.1 Å². The predicted octanol–water partition coefficient (Wildman–Crippen LogP) is 2.45. The minimum absolute atomic E-state index is 0.582. The summed E-state index contributed by atoms with van der Waals surface area (Å²) >= 11 is 0. The molecule has 2 rings (SSSR count). The molecular formula is C12H14N2. The Morgan fingerprint density at radius 1 is 1.43 bits per heavy atom. The van der Waals surface area contributed by atoms with E-state index in [2.05, 4.69) is 36.2 Å². The van der Waals surface area contributed by atoms with Crippen LogP contribution in [0, 0.1) is 6.92 Å². The Morgan fingerprint density at radius 3 is 3.07 bits per heavy atom. The van der Waals surface area contributed by atoms with Crippen LogP contribution in [0.25, 0.3) is 17.0 Å². The fourth-order valence-corrected chi connectivity index (χ4v) is 1.73. The summed E-state index contributed by atoms with van der Waals surface area (Å²) < 4.78 is 0. The van der Waals surface area contributed by atoms with E-state index in [-0.39, 0.29) is 0 Å². The maximum Gasteiger partial charge on any atom is 0.0462 e. The van der Waals surface area contributed by atoms with Crippen LogP contribution in [0.4, 0.5) is 0 Å². The van der Waals surface area contributed by atoms with Gasteiger partial charge in [-0.25, -0.2) is 0 Å². The van der Waals surface area contributed by atoms with Crippen molar-refractivity contribution in [2.45, 2.75) is 6.92 Å². The van der Waals surface area contributed by atoms with E-state index in [9.17, 15) is 0 Å². The molecule has 0 atom stereocenters. The number of aryl methyl sites for hydroxylation is 1. The number of fused-ring (bicyclic) bond motifs is 1. The zero-order valence-electron chi connectivity index (χ0n) is 8.25. The molecule has 0 aliphatic carbocycles. The second-order valence-electron chi connectivity index (χ2n) is 3.38. The molecule has 2 nitrogen and oxygen atoms in total. The van der Waals surface area contributed by atoms with Crippen LogP contribution in [-0.4, -0.2) is 11.5 Å². The third-order valence-electron chi connectivity index (χ3n) is 2.38. The van der Waals surface area contributed by atoms with Crippen LogP contribution in [0.3, 0.4) is 0 Å². The van der Waals surface area contributed by atoms with Crippen molar-refractivity contribution in [1.29, 1.82) is 0 Å². The van der Waals surface area contributed by atoms with E-state index in [1.165, 1.54) is 22.0 Å². The molecule has 2 aromatic rings. The first-order valence-corrected chi connectivity index (χ1v) is 4.76. The molecule has 1 aromatic carbocycles. The van der Waals surface area contributed by atoms with Crippen LogP contribution >= 0.6 is 0 Å². The molecule has 0 saturated heterocycles. The summed E-state index contributed by atoms with van der Waals surface area (Å²) in [6.45, 7) is 2.70. The first-order valence-electron chi connectivity index (χ1n) is 4.76. The topological polar surface area (TPSA) is 41.8 Å². The number of hydrogen-bond donors (Lipinski definition) is 2. The molecule has 0 saturated carbocycles. The summed E-state index contributed by atoms with van der Waals surface area (Å²) in [6.07, 6.45) is 6.05. The van der Waals surface area contributed by atoms with Crippen LogP contribution in [0.2, 0.25) is 0 Å². The van der Waals surface area contributed by atoms with Gasteiger partial charge in [0.1, 0.15) is 0 Å². The Balaban J connectivity index is 2.61. The number of aromatic nitrogens is 1. The van der Waals surface area contributed by atoms with Gasteiger partial charge in [0.15, 0.2) is 0 Å². The Kier molecular flexibility index (Phi) is 2.37. The van der Waals surface area contributed by atoms with E-state index in [1.807, 2.05) is 12.3 Å². The third kappa shape index (κ3) is 1.44. The number of nitrogens with one attached hydrogen (secondary N) is 1. The van der Waals surface area contributed by atoms with E-state index in [0.717, 1.165) is 0 Å². The van der Waals surface area contributed by atoms with Gasteiger partial charge in [0.25, 0.3) is 0 Å². The summed E-state index contributed by atoms with van der Waals surface area (Å²) in [7, 11) is 0. The molecule has 0 fully saturated rings. The van der Waals surface area contributed by atoms with Crippen molar-refractivity contribution in [3.05, 3.63) is 41.6 Å². The van der Waals surface area contributed by atoms with E-state index in [1.54, 1.807) is 0 Å². The predicted molar refractivity (Wildman–Crippen MR) is 61.1 cm³/mol. The molecule has 0 amide bonds. The van der Waals surface area contributed by atoms with Crippen LogP contribution in [0.5, 0.6) is 0 Å². The van der Waals surface area contributed by atoms with E-state index >= 15 is 0 Å². The van der Waals surface area contributed by atoms with Gasteiger partial charge in [0.2, 0.25) is 0 Å². The fourth-order valence-electron chi connectivity index (χ4n) is 1.73. The fraction of sp³-hybridized carbons (Fsp3) is 0.167. The monoisotopic (exact) mass is 186 g/mol. The molecule has 1 aromatic heterocycles. The van der Waals surface area contributed by atoms with Gasteiger partial charge < -0.3 is 10.7 Å². The van der Waals surface area contributed by atoms with E-state index in [4.69, 9.17) is 5.73 Å². The third-order valence-corrected chi connectivity index (χ3v) is 2.38. The number of H-pyrrole nitrogens is 1. The molecule has 0 aliphatic heterocycles. The lowest BCUT2D eigenvalue weighted by Gasteiger charge is -1.96. The minimum atomic E-state index is 0.582. The van der Waals surface area contributed by atoms with Crippen LogP contribution in [0.15, 0.2) is 30.5 Å². The summed E-state index contributed by atoms with van der Waals surface area (Å²) in [5.41, 5.74) is 9.12. The molecule has 0 aliphatic rings. The number of nitrogens with two attached hydrogens (primary N) is 1. The summed E-state index contributed by atoms with van der Waals surface area (Å²) in [6, 6.07) is 6.27. The molecule has 1 heterocycles. The van der Waals surface area contributed by atoms with Gasteiger partial charge in [0.05, 0.1) is 0 Å². The zero-order valence-corrected chi connectivity index (χ0v) is 8.25. The standard InChI is InChI=1S/C12H14N2/c1-9-4-2-6-11-12(9)10(8-14-11)5-3-7-13/h2-6,8,14H,7,13H2,1H3. The average Bonchev–Trinajstić information content (AvgIpc) is 2.59. The normalized spacial score (nSPS) is 11.6. The maximum atomic E-state index is 5.43. The molecule has 3 N–H and O–H groups in total. The maximum absolute atomic E-state index is 5.43. The molecule has 0 unspecified atom stereocenters. The lowest BCUT2D eigenvalue weighted by atomic mass is 10.1. The first kappa shape index (κ1) is 9.03. The highest BCUT2D eigenvalue weighted by molar-refractivity contribution is 5.91. The highest BCUT2D eigenvalue weighted by Crippen LogP contribution is 2.22. The number of rotatable bonds is 2. The zero-order chi connectivity index (χ0) is 9.97. The highest BCUT2D eigenvalue weighted by atomic mass is 14.7. The van der Waals surface area contributed by atoms with Crippen molar-refractivity contribution < 1.29 is 0 Å². The number of benzene rings is 1. The summed E-state index contributed by atoms with van der Waals surface area (Å²) in [5, 5.41) is 1.29. The van der Waals surface area contributed by atoms with E-state index in [0.29, 0.717) is 6.54 Å². The largest absolute Gasteiger partial charge is 0.361 e. The molecule has 0 spiro atoms. The summed E-state index contributed by atoms with van der Waals surface area (Å²) in [5.74, 6) is 0. The smallest absolute Gasteiger partial charge is 0.0462 e. The molecule has 0 bridgehead atoms. The van der Waals surface area contributed by atoms with Crippen molar-refractivity contribution in [3.63, 3.8) is 0 Å². The molecule has 2 heteroatoms. The average molecular weight is 186 g/mol. The Bertz CT molecular complexity index is 466. The van der Waals surface area contributed by atoms with Gasteiger partial charge in [0, 0.05) is 23.6 Å². The minimum Gasteiger partial charge on any atom is -0.361 e. The molecule has 72 valence electrons.